The van der Waals surface area contributed by atoms with Gasteiger partial charge in [-0.1, -0.05) is 36.6 Å². The highest BCUT2D eigenvalue weighted by Gasteiger charge is 2.35. The first kappa shape index (κ1) is 20.5. The minimum atomic E-state index is -0.851. The maximum Gasteiger partial charge on any atom is 0.280 e. The van der Waals surface area contributed by atoms with E-state index in [0.717, 1.165) is 25.7 Å². The molecule has 3 aromatic rings. The predicted octanol–water partition coefficient (Wildman–Crippen LogP) is 4.64. The lowest BCUT2D eigenvalue weighted by Crippen LogP contribution is -2.46. The maximum absolute atomic E-state index is 13.5. The lowest BCUT2D eigenvalue weighted by atomic mass is 10.0. The van der Waals surface area contributed by atoms with Crippen LogP contribution in [0, 0.1) is 0 Å². The van der Waals surface area contributed by atoms with Gasteiger partial charge in [-0.3, -0.25) is 19.5 Å². The topological polar surface area (TPSA) is 75.2 Å². The molecule has 2 aromatic heterocycles. The van der Waals surface area contributed by atoms with Gasteiger partial charge in [0.05, 0.1) is 11.2 Å². The van der Waals surface area contributed by atoms with Crippen molar-refractivity contribution in [2.45, 2.75) is 37.8 Å². The van der Waals surface area contributed by atoms with Crippen molar-refractivity contribution in [2.75, 3.05) is 4.90 Å². The largest absolute Gasteiger partial charge is 0.351 e. The van der Waals surface area contributed by atoms with Crippen LogP contribution in [0.5, 0.6) is 0 Å². The van der Waals surface area contributed by atoms with Crippen LogP contribution in [0.4, 0.5) is 5.00 Å². The number of carbonyl (C=O) groups excluding carboxylic acids is 2. The molecule has 1 fully saturated rings. The second-order valence-electron chi connectivity index (χ2n) is 7.16. The molecule has 1 aliphatic rings. The number of halogens is 1. The van der Waals surface area contributed by atoms with Gasteiger partial charge in [-0.25, -0.2) is 4.98 Å². The Balaban J connectivity index is 1.76. The van der Waals surface area contributed by atoms with E-state index in [4.69, 9.17) is 11.6 Å². The van der Waals surface area contributed by atoms with Gasteiger partial charge in [0.15, 0.2) is 0 Å². The molecule has 1 aromatic carbocycles. The number of carbonyl (C=O) groups is 2. The van der Waals surface area contributed by atoms with Gasteiger partial charge in [0.2, 0.25) is 5.91 Å². The summed E-state index contributed by atoms with van der Waals surface area (Å²) in [5.41, 5.74) is 0.860. The number of aromatic nitrogens is 2. The number of thiophene rings is 1. The molecule has 2 amide bonds. The van der Waals surface area contributed by atoms with Crippen molar-refractivity contribution in [3.05, 3.63) is 76.6 Å². The van der Waals surface area contributed by atoms with E-state index in [1.54, 1.807) is 24.3 Å². The summed E-state index contributed by atoms with van der Waals surface area (Å²) < 4.78 is 0. The molecule has 6 nitrogen and oxygen atoms in total. The van der Waals surface area contributed by atoms with E-state index in [1.165, 1.54) is 34.8 Å². The number of hydrogen-bond acceptors (Lipinski definition) is 5. The molecular formula is C22H21ClN4O2S. The molecule has 1 saturated carbocycles. The monoisotopic (exact) mass is 440 g/mol. The number of hydrogen-bond donors (Lipinski definition) is 1. The van der Waals surface area contributed by atoms with Gasteiger partial charge in [0.25, 0.3) is 5.91 Å². The van der Waals surface area contributed by atoms with Gasteiger partial charge in [-0.15, -0.1) is 11.3 Å². The molecule has 0 aliphatic heterocycles. The van der Waals surface area contributed by atoms with Crippen LogP contribution >= 0.6 is 22.9 Å². The quantitative estimate of drug-likeness (QED) is 0.606. The average Bonchev–Trinajstić information content (AvgIpc) is 3.47. The summed E-state index contributed by atoms with van der Waals surface area (Å²) in [5, 5.41) is 6.24. The van der Waals surface area contributed by atoms with Gasteiger partial charge in [0.1, 0.15) is 11.7 Å². The first-order valence-electron chi connectivity index (χ1n) is 9.82. The Morgan fingerprint density at radius 2 is 1.90 bits per heavy atom. The lowest BCUT2D eigenvalue weighted by Gasteiger charge is -2.31. The van der Waals surface area contributed by atoms with Crippen molar-refractivity contribution < 1.29 is 9.59 Å². The summed E-state index contributed by atoms with van der Waals surface area (Å²) in [5.74, 6) is -0.595. The highest BCUT2D eigenvalue weighted by atomic mass is 35.5. The van der Waals surface area contributed by atoms with E-state index < -0.39 is 6.04 Å². The fourth-order valence-electron chi connectivity index (χ4n) is 3.70. The van der Waals surface area contributed by atoms with E-state index in [9.17, 15) is 9.59 Å². The zero-order valence-corrected chi connectivity index (χ0v) is 17.8. The number of nitrogens with one attached hydrogen (secondary N) is 1. The first-order valence-corrected chi connectivity index (χ1v) is 11.1. The fraction of sp³-hybridized carbons (Fsp3) is 0.273. The second kappa shape index (κ2) is 9.36. The van der Waals surface area contributed by atoms with Crippen molar-refractivity contribution in [2.24, 2.45) is 0 Å². The Hall–Kier alpha value is -2.77. The average molecular weight is 441 g/mol. The molecule has 154 valence electrons. The molecule has 0 radical (unpaired) electrons. The summed E-state index contributed by atoms with van der Waals surface area (Å²) in [7, 11) is 0. The predicted molar refractivity (Wildman–Crippen MR) is 118 cm³/mol. The summed E-state index contributed by atoms with van der Waals surface area (Å²) in [6, 6.07) is 9.98. The molecule has 0 saturated heterocycles. The Morgan fingerprint density at radius 1 is 1.13 bits per heavy atom. The summed E-state index contributed by atoms with van der Waals surface area (Å²) >= 11 is 7.46. The SMILES string of the molecule is O=C(NC1CCCC1)C(c1ccc(Cl)cc1)N(C(=O)c1cnccn1)c1cccs1. The van der Waals surface area contributed by atoms with E-state index in [2.05, 4.69) is 15.3 Å². The molecule has 1 atom stereocenters. The fourth-order valence-corrected chi connectivity index (χ4v) is 4.58. The molecule has 2 heterocycles. The highest BCUT2D eigenvalue weighted by molar-refractivity contribution is 7.14. The van der Waals surface area contributed by atoms with Crippen molar-refractivity contribution in [1.82, 2.24) is 15.3 Å². The van der Waals surface area contributed by atoms with E-state index in [-0.39, 0.29) is 23.6 Å². The van der Waals surface area contributed by atoms with Crippen molar-refractivity contribution in [3.63, 3.8) is 0 Å². The zero-order chi connectivity index (χ0) is 20.9. The highest BCUT2D eigenvalue weighted by Crippen LogP contribution is 2.33. The number of benzene rings is 1. The molecule has 1 aliphatic carbocycles. The molecule has 4 rings (SSSR count). The van der Waals surface area contributed by atoms with Crippen molar-refractivity contribution >= 4 is 39.8 Å². The zero-order valence-electron chi connectivity index (χ0n) is 16.2. The van der Waals surface area contributed by atoms with Crippen LogP contribution in [0.1, 0.15) is 47.8 Å². The smallest absolute Gasteiger partial charge is 0.280 e. The number of nitrogens with zero attached hydrogens (tertiary/aromatic N) is 3. The standard InChI is InChI=1S/C22H21ClN4O2S/c23-16-9-7-15(8-10-16)20(21(28)26-17-4-1-2-5-17)27(19-6-3-13-30-19)22(29)18-14-24-11-12-25-18/h3,6-14,17,20H,1-2,4-5H2,(H,26,28). The van der Waals surface area contributed by atoms with E-state index in [0.29, 0.717) is 15.6 Å². The first-order chi connectivity index (χ1) is 14.6. The maximum atomic E-state index is 13.5. The summed E-state index contributed by atoms with van der Waals surface area (Å²) in [6.45, 7) is 0. The number of amides is 2. The van der Waals surface area contributed by atoms with Crippen LogP contribution in [0.25, 0.3) is 0 Å². The Morgan fingerprint density at radius 3 is 2.53 bits per heavy atom. The van der Waals surface area contributed by atoms with Crippen LogP contribution in [0.15, 0.2) is 60.4 Å². The van der Waals surface area contributed by atoms with Crippen molar-refractivity contribution in [1.29, 1.82) is 0 Å². The van der Waals surface area contributed by atoms with Crippen LogP contribution in [-0.2, 0) is 4.79 Å². The third-order valence-electron chi connectivity index (χ3n) is 5.14. The molecule has 1 N–H and O–H groups in total. The molecule has 0 spiro atoms. The van der Waals surface area contributed by atoms with E-state index >= 15 is 0 Å². The normalized spacial score (nSPS) is 15.0. The second-order valence-corrected chi connectivity index (χ2v) is 8.52. The van der Waals surface area contributed by atoms with Gasteiger partial charge in [-0.05, 0) is 48.1 Å². The lowest BCUT2D eigenvalue weighted by molar-refractivity contribution is -0.123. The Labute approximate surface area is 183 Å². The molecule has 1 unspecified atom stereocenters. The molecule has 8 heteroatoms. The Kier molecular flexibility index (Phi) is 6.40. The van der Waals surface area contributed by atoms with Gasteiger partial charge < -0.3 is 5.32 Å². The van der Waals surface area contributed by atoms with Crippen LogP contribution < -0.4 is 10.2 Å². The molecule has 0 bridgehead atoms. The van der Waals surface area contributed by atoms with Crippen LogP contribution in [0.2, 0.25) is 5.02 Å². The van der Waals surface area contributed by atoms with Crippen LogP contribution in [0.3, 0.4) is 0 Å². The summed E-state index contributed by atoms with van der Waals surface area (Å²) in [6.07, 6.45) is 8.50. The van der Waals surface area contributed by atoms with Crippen LogP contribution in [-0.4, -0.2) is 27.8 Å². The number of anilines is 1. The van der Waals surface area contributed by atoms with Gasteiger partial charge in [0, 0.05) is 23.5 Å². The molecule has 30 heavy (non-hydrogen) atoms. The summed E-state index contributed by atoms with van der Waals surface area (Å²) in [4.78, 5) is 36.7. The third-order valence-corrected chi connectivity index (χ3v) is 6.26. The van der Waals surface area contributed by atoms with Gasteiger partial charge >= 0.3 is 0 Å². The van der Waals surface area contributed by atoms with Crippen molar-refractivity contribution in [3.8, 4) is 0 Å². The third kappa shape index (κ3) is 4.52. The number of rotatable bonds is 6. The Bertz CT molecular complexity index is 990. The minimum absolute atomic E-state index is 0.129. The minimum Gasteiger partial charge on any atom is -0.351 e. The van der Waals surface area contributed by atoms with E-state index in [1.807, 2.05) is 17.5 Å². The molecular weight excluding hydrogens is 420 g/mol. The van der Waals surface area contributed by atoms with Gasteiger partial charge in [-0.2, -0.15) is 0 Å².